The van der Waals surface area contributed by atoms with Crippen molar-refractivity contribution in [3.8, 4) is 0 Å². The van der Waals surface area contributed by atoms with Gasteiger partial charge in [0.1, 0.15) is 5.69 Å². The molecule has 2 amide bonds. The molecule has 2 aliphatic heterocycles. The third-order valence-corrected chi connectivity index (χ3v) is 5.62. The third-order valence-electron chi connectivity index (χ3n) is 5.62. The Kier molecular flexibility index (Phi) is 5.13. The highest BCUT2D eigenvalue weighted by Crippen LogP contribution is 2.22. The molecule has 148 valence electrons. The summed E-state index contributed by atoms with van der Waals surface area (Å²) in [5, 5.41) is 0. The molecule has 0 bridgehead atoms. The minimum atomic E-state index is -0.0969. The molecule has 1 saturated heterocycles. The van der Waals surface area contributed by atoms with E-state index in [2.05, 4.69) is 21.9 Å². The van der Waals surface area contributed by atoms with Crippen LogP contribution in [0.4, 0.5) is 0 Å². The second-order valence-corrected chi connectivity index (χ2v) is 7.53. The van der Waals surface area contributed by atoms with Crippen molar-refractivity contribution in [1.82, 2.24) is 29.2 Å². The van der Waals surface area contributed by atoms with Crippen LogP contribution in [-0.2, 0) is 20.0 Å². The summed E-state index contributed by atoms with van der Waals surface area (Å²) in [7, 11) is 3.99. The topological polar surface area (TPSA) is 74.6 Å². The van der Waals surface area contributed by atoms with Crippen molar-refractivity contribution in [3.05, 3.63) is 47.3 Å². The summed E-state index contributed by atoms with van der Waals surface area (Å²) in [4.78, 5) is 40.5. The third kappa shape index (κ3) is 3.52. The lowest BCUT2D eigenvalue weighted by Gasteiger charge is -2.26. The van der Waals surface area contributed by atoms with Crippen LogP contribution >= 0.6 is 0 Å². The fourth-order valence-corrected chi connectivity index (χ4v) is 3.94. The van der Waals surface area contributed by atoms with E-state index in [0.29, 0.717) is 31.0 Å². The van der Waals surface area contributed by atoms with Gasteiger partial charge in [0.15, 0.2) is 5.82 Å². The number of rotatable bonds is 2. The summed E-state index contributed by atoms with van der Waals surface area (Å²) in [6, 6.07) is 5.33. The SMILES string of the molecule is CN1CCCN(C(=O)c2nc3c(n2C)CCN(C(=O)c2ccccn2)C3)CC1. The molecule has 4 heterocycles. The first-order valence-electron chi connectivity index (χ1n) is 9.77. The number of hydrogen-bond donors (Lipinski definition) is 0. The van der Waals surface area contributed by atoms with Crippen molar-refractivity contribution in [1.29, 1.82) is 0 Å². The number of nitrogens with zero attached hydrogens (tertiary/aromatic N) is 6. The first-order chi connectivity index (χ1) is 13.5. The fourth-order valence-electron chi connectivity index (χ4n) is 3.94. The maximum absolute atomic E-state index is 13.1. The van der Waals surface area contributed by atoms with E-state index < -0.39 is 0 Å². The molecule has 0 radical (unpaired) electrons. The monoisotopic (exact) mass is 382 g/mol. The predicted octanol–water partition coefficient (Wildman–Crippen LogP) is 0.791. The van der Waals surface area contributed by atoms with Crippen molar-refractivity contribution < 1.29 is 9.59 Å². The Bertz CT molecular complexity index is 878. The van der Waals surface area contributed by atoms with Crippen LogP contribution in [0.3, 0.4) is 0 Å². The lowest BCUT2D eigenvalue weighted by Crippen LogP contribution is -2.36. The molecule has 0 N–H and O–H groups in total. The van der Waals surface area contributed by atoms with Gasteiger partial charge in [-0.05, 0) is 32.1 Å². The van der Waals surface area contributed by atoms with Gasteiger partial charge >= 0.3 is 0 Å². The molecule has 28 heavy (non-hydrogen) atoms. The molecular weight excluding hydrogens is 356 g/mol. The van der Waals surface area contributed by atoms with Gasteiger partial charge in [-0.3, -0.25) is 14.6 Å². The zero-order valence-corrected chi connectivity index (χ0v) is 16.5. The zero-order valence-electron chi connectivity index (χ0n) is 16.5. The van der Waals surface area contributed by atoms with Crippen molar-refractivity contribution in [2.75, 3.05) is 39.8 Å². The molecule has 0 saturated carbocycles. The van der Waals surface area contributed by atoms with Crippen molar-refractivity contribution in [2.45, 2.75) is 19.4 Å². The van der Waals surface area contributed by atoms with E-state index in [9.17, 15) is 9.59 Å². The van der Waals surface area contributed by atoms with Gasteiger partial charge in [0, 0.05) is 51.5 Å². The molecule has 0 aliphatic carbocycles. The molecule has 1 fully saturated rings. The number of hydrogen-bond acceptors (Lipinski definition) is 5. The van der Waals surface area contributed by atoms with Gasteiger partial charge in [-0.25, -0.2) is 4.98 Å². The Hall–Kier alpha value is -2.74. The Morgan fingerprint density at radius 1 is 0.964 bits per heavy atom. The minimum absolute atomic E-state index is 0.0187. The van der Waals surface area contributed by atoms with Crippen LogP contribution in [0.2, 0.25) is 0 Å². The number of likely N-dealkylation sites (N-methyl/N-ethyl adjacent to an activating group) is 1. The van der Waals surface area contributed by atoms with Gasteiger partial charge in [-0.2, -0.15) is 0 Å². The second-order valence-electron chi connectivity index (χ2n) is 7.53. The van der Waals surface area contributed by atoms with Crippen molar-refractivity contribution >= 4 is 11.8 Å². The maximum Gasteiger partial charge on any atom is 0.289 e. The van der Waals surface area contributed by atoms with Gasteiger partial charge in [-0.15, -0.1) is 0 Å². The van der Waals surface area contributed by atoms with Crippen LogP contribution in [0.1, 0.15) is 38.9 Å². The van der Waals surface area contributed by atoms with Crippen LogP contribution in [0, 0.1) is 0 Å². The van der Waals surface area contributed by atoms with E-state index in [4.69, 9.17) is 0 Å². The average molecular weight is 382 g/mol. The average Bonchev–Trinajstić information content (AvgIpc) is 2.89. The number of amides is 2. The van der Waals surface area contributed by atoms with Crippen LogP contribution < -0.4 is 0 Å². The molecule has 8 nitrogen and oxygen atoms in total. The lowest BCUT2D eigenvalue weighted by molar-refractivity contribution is 0.0723. The minimum Gasteiger partial charge on any atom is -0.335 e. The molecule has 2 aliphatic rings. The van der Waals surface area contributed by atoms with Crippen LogP contribution in [0.15, 0.2) is 24.4 Å². The fraction of sp³-hybridized carbons (Fsp3) is 0.500. The summed E-state index contributed by atoms with van der Waals surface area (Å²) < 4.78 is 1.91. The summed E-state index contributed by atoms with van der Waals surface area (Å²) in [5.41, 5.74) is 2.29. The van der Waals surface area contributed by atoms with E-state index in [1.807, 2.05) is 22.6 Å². The highest BCUT2D eigenvalue weighted by molar-refractivity contribution is 5.93. The molecule has 2 aromatic rings. The normalized spacial score (nSPS) is 17.9. The molecule has 2 aromatic heterocycles. The molecule has 0 unspecified atom stereocenters. The Morgan fingerprint density at radius 3 is 2.61 bits per heavy atom. The molecule has 8 heteroatoms. The van der Waals surface area contributed by atoms with Gasteiger partial charge < -0.3 is 19.3 Å². The number of carbonyl (C=O) groups is 2. The predicted molar refractivity (Wildman–Crippen MR) is 104 cm³/mol. The van der Waals surface area contributed by atoms with Gasteiger partial charge in [0.2, 0.25) is 0 Å². The molecule has 0 aromatic carbocycles. The van der Waals surface area contributed by atoms with Gasteiger partial charge in [-0.1, -0.05) is 6.07 Å². The Balaban J connectivity index is 1.52. The Morgan fingerprint density at radius 2 is 1.82 bits per heavy atom. The van der Waals surface area contributed by atoms with Crippen LogP contribution in [-0.4, -0.2) is 80.8 Å². The maximum atomic E-state index is 13.1. The summed E-state index contributed by atoms with van der Waals surface area (Å²) >= 11 is 0. The molecule has 0 spiro atoms. The smallest absolute Gasteiger partial charge is 0.289 e. The number of carbonyl (C=O) groups excluding carboxylic acids is 2. The van der Waals surface area contributed by atoms with E-state index >= 15 is 0 Å². The highest BCUT2D eigenvalue weighted by Gasteiger charge is 2.30. The Labute approximate surface area is 164 Å². The summed E-state index contributed by atoms with van der Waals surface area (Å²) in [6.45, 7) is 4.37. The summed E-state index contributed by atoms with van der Waals surface area (Å²) in [6.07, 6.45) is 3.28. The largest absolute Gasteiger partial charge is 0.335 e. The van der Waals surface area contributed by atoms with Crippen LogP contribution in [0.25, 0.3) is 0 Å². The quantitative estimate of drug-likeness (QED) is 0.768. The second kappa shape index (κ2) is 7.71. The number of fused-ring (bicyclic) bond motifs is 1. The van der Waals surface area contributed by atoms with Crippen molar-refractivity contribution in [3.63, 3.8) is 0 Å². The molecule has 4 rings (SSSR count). The van der Waals surface area contributed by atoms with E-state index in [-0.39, 0.29) is 11.8 Å². The van der Waals surface area contributed by atoms with E-state index in [0.717, 1.165) is 44.0 Å². The number of pyridine rings is 1. The van der Waals surface area contributed by atoms with Crippen LogP contribution in [0.5, 0.6) is 0 Å². The van der Waals surface area contributed by atoms with Gasteiger partial charge in [0.05, 0.1) is 12.2 Å². The summed E-state index contributed by atoms with van der Waals surface area (Å²) in [5.74, 6) is 0.358. The number of imidazole rings is 1. The molecule has 0 atom stereocenters. The lowest BCUT2D eigenvalue weighted by atomic mass is 10.1. The zero-order chi connectivity index (χ0) is 19.7. The van der Waals surface area contributed by atoms with Crippen molar-refractivity contribution in [2.24, 2.45) is 7.05 Å². The number of aromatic nitrogens is 3. The molecular formula is C20H26N6O2. The van der Waals surface area contributed by atoms with E-state index in [1.54, 1.807) is 23.2 Å². The standard InChI is InChI=1S/C20H26N6O2/c1-23-9-5-10-25(13-12-23)20(28)18-22-16-14-26(11-7-17(16)24(18)2)19(27)15-6-3-4-8-21-15/h3-4,6,8H,5,7,9-14H2,1-2H3. The highest BCUT2D eigenvalue weighted by atomic mass is 16.2. The van der Waals surface area contributed by atoms with Gasteiger partial charge in [0.25, 0.3) is 11.8 Å². The first-order valence-corrected chi connectivity index (χ1v) is 9.77. The van der Waals surface area contributed by atoms with E-state index in [1.165, 1.54) is 0 Å². The first kappa shape index (κ1) is 18.6.